The van der Waals surface area contributed by atoms with Crippen LogP contribution in [0.5, 0.6) is 17.2 Å². The minimum Gasteiger partial charge on any atom is -0.487 e. The topological polar surface area (TPSA) is 44.5 Å². The summed E-state index contributed by atoms with van der Waals surface area (Å²) in [5.74, 6) is 3.52. The van der Waals surface area contributed by atoms with Gasteiger partial charge in [-0.1, -0.05) is 19.0 Å². The number of nitrogens with zero attached hydrogens (tertiary/aromatic N) is 1. The van der Waals surface area contributed by atoms with Crippen molar-refractivity contribution in [3.63, 3.8) is 0 Å². The van der Waals surface area contributed by atoms with Gasteiger partial charge in [0.15, 0.2) is 5.75 Å². The van der Waals surface area contributed by atoms with Crippen LogP contribution in [-0.2, 0) is 19.4 Å². The molecule has 0 N–H and O–H groups in total. The van der Waals surface area contributed by atoms with Crippen molar-refractivity contribution in [1.82, 2.24) is 5.16 Å². The Balaban J connectivity index is 1.58. The number of aryl methyl sites for hydroxylation is 2. The number of fused-ring (bicyclic) bond motifs is 1. The highest BCUT2D eigenvalue weighted by atomic mass is 79.9. The van der Waals surface area contributed by atoms with E-state index in [0.29, 0.717) is 12.5 Å². The largest absolute Gasteiger partial charge is 0.487 e. The summed E-state index contributed by atoms with van der Waals surface area (Å²) in [4.78, 5) is 0. The number of halogens is 2. The van der Waals surface area contributed by atoms with Crippen LogP contribution in [0.1, 0.15) is 54.3 Å². The van der Waals surface area contributed by atoms with Gasteiger partial charge in [-0.15, -0.1) is 0 Å². The Hall–Kier alpha value is -1.79. The summed E-state index contributed by atoms with van der Waals surface area (Å²) in [5.41, 5.74) is 4.63. The molecular weight excluding hydrogens is 498 g/mol. The van der Waals surface area contributed by atoms with Crippen LogP contribution in [-0.4, -0.2) is 5.16 Å². The van der Waals surface area contributed by atoms with Crippen LogP contribution in [0.3, 0.4) is 0 Å². The number of hydrogen-bond donors (Lipinski definition) is 0. The molecule has 1 aromatic heterocycles. The normalized spacial score (nSPS) is 13.0. The van der Waals surface area contributed by atoms with Crippen molar-refractivity contribution in [2.75, 3.05) is 0 Å². The molecule has 2 aromatic carbocycles. The Morgan fingerprint density at radius 3 is 2.69 bits per heavy atom. The molecule has 1 aliphatic carbocycles. The molecule has 1 aliphatic rings. The lowest BCUT2D eigenvalue weighted by atomic mass is 10.0. The molecule has 0 aliphatic heterocycles. The third-order valence-corrected chi connectivity index (χ3v) is 6.55. The number of ether oxygens (including phenoxy) is 2. The maximum Gasteiger partial charge on any atom is 0.156 e. The van der Waals surface area contributed by atoms with E-state index in [9.17, 15) is 0 Å². The van der Waals surface area contributed by atoms with E-state index >= 15 is 0 Å². The van der Waals surface area contributed by atoms with Crippen LogP contribution >= 0.6 is 31.9 Å². The molecule has 0 atom stereocenters. The van der Waals surface area contributed by atoms with Gasteiger partial charge in [0.1, 0.15) is 29.6 Å². The van der Waals surface area contributed by atoms with E-state index in [0.717, 1.165) is 56.1 Å². The Morgan fingerprint density at radius 1 is 1.14 bits per heavy atom. The van der Waals surface area contributed by atoms with Gasteiger partial charge in [0, 0.05) is 11.6 Å². The standard InChI is InChI=1S/C23H23Br2NO3/c1-13(2)19-11-17(7-8-21(19)27-12-16-9-14(3)29-26-16)28-23-20(24)10-15-5-4-6-18(15)22(23)25/h7-11,13H,4-6,12H2,1-3H3. The number of benzene rings is 2. The van der Waals surface area contributed by atoms with Crippen LogP contribution in [0, 0.1) is 6.92 Å². The molecule has 152 valence electrons. The van der Waals surface area contributed by atoms with Crippen LogP contribution < -0.4 is 9.47 Å². The van der Waals surface area contributed by atoms with Crippen molar-refractivity contribution >= 4 is 31.9 Å². The summed E-state index contributed by atoms with van der Waals surface area (Å²) < 4.78 is 19.4. The highest BCUT2D eigenvalue weighted by molar-refractivity contribution is 9.11. The number of aromatic nitrogens is 1. The van der Waals surface area contributed by atoms with E-state index in [4.69, 9.17) is 14.0 Å². The smallest absolute Gasteiger partial charge is 0.156 e. The van der Waals surface area contributed by atoms with Crippen molar-refractivity contribution in [2.24, 2.45) is 0 Å². The van der Waals surface area contributed by atoms with Crippen molar-refractivity contribution in [2.45, 2.75) is 52.6 Å². The average Bonchev–Trinajstić information content (AvgIpc) is 3.32. The summed E-state index contributed by atoms with van der Waals surface area (Å²) in [7, 11) is 0. The van der Waals surface area contributed by atoms with Gasteiger partial charge in [-0.25, -0.2) is 0 Å². The molecule has 0 unspecified atom stereocenters. The fourth-order valence-corrected chi connectivity index (χ4v) is 5.23. The molecule has 1 heterocycles. The van der Waals surface area contributed by atoms with Crippen LogP contribution in [0.15, 0.2) is 43.8 Å². The van der Waals surface area contributed by atoms with Gasteiger partial charge >= 0.3 is 0 Å². The zero-order valence-electron chi connectivity index (χ0n) is 16.7. The molecule has 0 spiro atoms. The predicted molar refractivity (Wildman–Crippen MR) is 120 cm³/mol. The highest BCUT2D eigenvalue weighted by Gasteiger charge is 2.21. The molecule has 0 amide bonds. The SMILES string of the molecule is Cc1cc(COc2ccc(Oc3c(Br)cc4c(c3Br)CCC4)cc2C(C)C)no1. The van der Waals surface area contributed by atoms with Gasteiger partial charge in [0.25, 0.3) is 0 Å². The Bertz CT molecular complexity index is 1040. The first-order valence-corrected chi connectivity index (χ1v) is 11.4. The Morgan fingerprint density at radius 2 is 1.97 bits per heavy atom. The minimum atomic E-state index is 0.291. The second-order valence-electron chi connectivity index (χ2n) is 7.67. The van der Waals surface area contributed by atoms with Crippen LogP contribution in [0.2, 0.25) is 0 Å². The average molecular weight is 521 g/mol. The second kappa shape index (κ2) is 8.52. The quantitative estimate of drug-likeness (QED) is 0.337. The monoisotopic (exact) mass is 519 g/mol. The maximum atomic E-state index is 6.30. The molecule has 0 bridgehead atoms. The first-order valence-electron chi connectivity index (χ1n) is 9.79. The fraction of sp³-hybridized carbons (Fsp3) is 0.348. The lowest BCUT2D eigenvalue weighted by Crippen LogP contribution is -2.01. The van der Waals surface area contributed by atoms with E-state index in [1.165, 1.54) is 17.5 Å². The van der Waals surface area contributed by atoms with Crippen molar-refractivity contribution < 1.29 is 14.0 Å². The molecular formula is C23H23Br2NO3. The molecule has 0 radical (unpaired) electrons. The third-order valence-electron chi connectivity index (χ3n) is 5.12. The molecule has 4 nitrogen and oxygen atoms in total. The predicted octanol–water partition coefficient (Wildman–Crippen LogP) is 7.49. The minimum absolute atomic E-state index is 0.291. The van der Waals surface area contributed by atoms with Gasteiger partial charge in [-0.05, 0) is 99.4 Å². The van der Waals surface area contributed by atoms with E-state index in [2.05, 4.69) is 63.0 Å². The van der Waals surface area contributed by atoms with Crippen LogP contribution in [0.4, 0.5) is 0 Å². The second-order valence-corrected chi connectivity index (χ2v) is 9.31. The lowest BCUT2D eigenvalue weighted by molar-refractivity contribution is 0.284. The van der Waals surface area contributed by atoms with Crippen molar-refractivity contribution in [3.05, 3.63) is 67.4 Å². The summed E-state index contributed by atoms with van der Waals surface area (Å²) in [5, 5.41) is 3.99. The Labute approximate surface area is 187 Å². The van der Waals surface area contributed by atoms with Crippen molar-refractivity contribution in [3.8, 4) is 17.2 Å². The van der Waals surface area contributed by atoms with Gasteiger partial charge in [-0.2, -0.15) is 0 Å². The van der Waals surface area contributed by atoms with Gasteiger partial charge in [0.05, 0.1) is 8.95 Å². The zero-order valence-corrected chi connectivity index (χ0v) is 19.9. The molecule has 0 saturated carbocycles. The molecule has 6 heteroatoms. The van der Waals surface area contributed by atoms with E-state index in [1.54, 1.807) is 0 Å². The zero-order chi connectivity index (χ0) is 20.5. The molecule has 4 rings (SSSR count). The highest BCUT2D eigenvalue weighted by Crippen LogP contribution is 2.44. The first kappa shape index (κ1) is 20.5. The summed E-state index contributed by atoms with van der Waals surface area (Å²) in [6.45, 7) is 6.54. The first-order chi connectivity index (χ1) is 13.9. The molecule has 0 fully saturated rings. The van der Waals surface area contributed by atoms with E-state index in [-0.39, 0.29) is 0 Å². The van der Waals surface area contributed by atoms with Gasteiger partial charge < -0.3 is 14.0 Å². The molecule has 29 heavy (non-hydrogen) atoms. The summed E-state index contributed by atoms with van der Waals surface area (Å²) in [6, 6.07) is 10.0. The molecule has 0 saturated heterocycles. The summed E-state index contributed by atoms with van der Waals surface area (Å²) >= 11 is 7.44. The Kier molecular flexibility index (Phi) is 6.02. The number of hydrogen-bond acceptors (Lipinski definition) is 4. The lowest BCUT2D eigenvalue weighted by Gasteiger charge is -2.17. The molecule has 3 aromatic rings. The maximum absolute atomic E-state index is 6.30. The van der Waals surface area contributed by atoms with E-state index in [1.807, 2.05) is 25.1 Å². The van der Waals surface area contributed by atoms with E-state index < -0.39 is 0 Å². The van der Waals surface area contributed by atoms with Gasteiger partial charge in [0.2, 0.25) is 0 Å². The summed E-state index contributed by atoms with van der Waals surface area (Å²) in [6.07, 6.45) is 3.41. The van der Waals surface area contributed by atoms with Gasteiger partial charge in [-0.3, -0.25) is 0 Å². The van der Waals surface area contributed by atoms with Crippen LogP contribution in [0.25, 0.3) is 0 Å². The third kappa shape index (κ3) is 4.38. The van der Waals surface area contributed by atoms with Crippen molar-refractivity contribution in [1.29, 1.82) is 0 Å². The fourth-order valence-electron chi connectivity index (χ4n) is 3.66. The number of rotatable bonds is 6.